The van der Waals surface area contributed by atoms with Gasteiger partial charge in [0.25, 0.3) is 11.8 Å². The van der Waals surface area contributed by atoms with Crippen molar-refractivity contribution >= 4 is 17.7 Å². The first-order valence-corrected chi connectivity index (χ1v) is 7.81. The van der Waals surface area contributed by atoms with Gasteiger partial charge in [0.05, 0.1) is 19.1 Å². The molecule has 128 valence electrons. The van der Waals surface area contributed by atoms with Gasteiger partial charge >= 0.3 is 0 Å². The van der Waals surface area contributed by atoms with Crippen molar-refractivity contribution in [2.24, 2.45) is 0 Å². The lowest BCUT2D eigenvalue weighted by atomic mass is 10.1. The van der Waals surface area contributed by atoms with E-state index in [1.165, 1.54) is 6.20 Å². The van der Waals surface area contributed by atoms with E-state index in [1.807, 2.05) is 12.1 Å². The molecule has 1 N–H and O–H groups in total. The van der Waals surface area contributed by atoms with Crippen molar-refractivity contribution in [1.82, 2.24) is 15.2 Å². The summed E-state index contributed by atoms with van der Waals surface area (Å²) in [5.41, 5.74) is 1.32. The summed E-state index contributed by atoms with van der Waals surface area (Å²) in [5.74, 6) is -0.259. The number of rotatable bonds is 6. The van der Waals surface area contributed by atoms with Crippen LogP contribution >= 0.6 is 0 Å². The molecule has 1 aliphatic heterocycles. The quantitative estimate of drug-likeness (QED) is 0.795. The number of pyridine rings is 1. The van der Waals surface area contributed by atoms with Gasteiger partial charge < -0.3 is 10.1 Å². The van der Waals surface area contributed by atoms with E-state index < -0.39 is 5.91 Å². The number of fused-ring (bicyclic) bond motifs is 1. The van der Waals surface area contributed by atoms with Crippen LogP contribution in [0.2, 0.25) is 0 Å². The largest absolute Gasteiger partial charge is 0.497 e. The molecule has 0 spiro atoms. The molecule has 3 rings (SSSR count). The number of carbonyl (C=O) groups is 3. The number of ether oxygens (including phenoxy) is 1. The maximum absolute atomic E-state index is 12.2. The zero-order chi connectivity index (χ0) is 17.8. The van der Waals surface area contributed by atoms with Crippen LogP contribution in [-0.2, 0) is 11.2 Å². The van der Waals surface area contributed by atoms with Gasteiger partial charge in [0.1, 0.15) is 11.4 Å². The SMILES string of the molecule is COc1ccc(CC(=O)NCCN2C(=O)c3cccnc3C2=O)cc1. The number of hydrogen-bond donors (Lipinski definition) is 1. The number of carbonyl (C=O) groups excluding carboxylic acids is 3. The van der Waals surface area contributed by atoms with E-state index in [2.05, 4.69) is 10.3 Å². The summed E-state index contributed by atoms with van der Waals surface area (Å²) >= 11 is 0. The molecule has 0 aliphatic carbocycles. The van der Waals surface area contributed by atoms with Crippen LogP contribution in [-0.4, -0.2) is 47.8 Å². The van der Waals surface area contributed by atoms with Crippen LogP contribution in [0.25, 0.3) is 0 Å². The molecule has 0 radical (unpaired) electrons. The molecule has 7 heteroatoms. The Morgan fingerprint density at radius 2 is 1.92 bits per heavy atom. The average Bonchev–Trinajstić information content (AvgIpc) is 2.87. The van der Waals surface area contributed by atoms with Crippen LogP contribution in [0.15, 0.2) is 42.6 Å². The maximum atomic E-state index is 12.2. The first kappa shape index (κ1) is 16.6. The summed E-state index contributed by atoms with van der Waals surface area (Å²) in [4.78, 5) is 41.4. The lowest BCUT2D eigenvalue weighted by Gasteiger charge is -2.14. The molecule has 0 saturated heterocycles. The molecule has 25 heavy (non-hydrogen) atoms. The van der Waals surface area contributed by atoms with E-state index in [-0.39, 0.29) is 37.0 Å². The summed E-state index contributed by atoms with van der Waals surface area (Å²) in [6.07, 6.45) is 1.69. The molecule has 0 saturated carbocycles. The smallest absolute Gasteiger partial charge is 0.280 e. The second-order valence-electron chi connectivity index (χ2n) is 5.54. The normalized spacial score (nSPS) is 12.9. The Hall–Kier alpha value is -3.22. The third kappa shape index (κ3) is 3.50. The molecular formula is C18H17N3O4. The number of amides is 3. The standard InChI is InChI=1S/C18H17N3O4/c1-25-13-6-4-12(5-7-13)11-15(22)19-9-10-21-17(23)14-3-2-8-20-16(14)18(21)24/h2-8H,9-11H2,1H3,(H,19,22). The van der Waals surface area contributed by atoms with Crippen LogP contribution in [0.3, 0.4) is 0 Å². The second kappa shape index (κ2) is 7.12. The number of benzene rings is 1. The van der Waals surface area contributed by atoms with E-state index in [4.69, 9.17) is 4.74 Å². The Morgan fingerprint density at radius 3 is 2.60 bits per heavy atom. The Balaban J connectivity index is 1.50. The molecule has 2 aromatic rings. The number of nitrogens with zero attached hydrogens (tertiary/aromatic N) is 2. The van der Waals surface area contributed by atoms with Gasteiger partial charge in [-0.3, -0.25) is 24.3 Å². The van der Waals surface area contributed by atoms with Crippen molar-refractivity contribution in [2.45, 2.75) is 6.42 Å². The third-order valence-electron chi connectivity index (χ3n) is 3.91. The number of hydrogen-bond acceptors (Lipinski definition) is 5. The van der Waals surface area contributed by atoms with Crippen molar-refractivity contribution < 1.29 is 19.1 Å². The fraction of sp³-hybridized carbons (Fsp3) is 0.222. The fourth-order valence-electron chi connectivity index (χ4n) is 2.62. The predicted molar refractivity (Wildman–Crippen MR) is 89.3 cm³/mol. The highest BCUT2D eigenvalue weighted by Gasteiger charge is 2.36. The van der Waals surface area contributed by atoms with Crippen LogP contribution in [0, 0.1) is 0 Å². The Kier molecular flexibility index (Phi) is 4.74. The van der Waals surface area contributed by atoms with Crippen LogP contribution in [0.5, 0.6) is 5.75 Å². The molecule has 7 nitrogen and oxygen atoms in total. The van der Waals surface area contributed by atoms with Gasteiger partial charge in [0.2, 0.25) is 5.91 Å². The highest BCUT2D eigenvalue weighted by Crippen LogP contribution is 2.19. The van der Waals surface area contributed by atoms with E-state index in [9.17, 15) is 14.4 Å². The van der Waals surface area contributed by atoms with Crippen LogP contribution in [0.1, 0.15) is 26.4 Å². The van der Waals surface area contributed by atoms with Crippen LogP contribution < -0.4 is 10.1 Å². The Labute approximate surface area is 144 Å². The second-order valence-corrected chi connectivity index (χ2v) is 5.54. The number of aromatic nitrogens is 1. The molecule has 3 amide bonds. The zero-order valence-electron chi connectivity index (χ0n) is 13.7. The van der Waals surface area contributed by atoms with Gasteiger partial charge in [-0.1, -0.05) is 12.1 Å². The summed E-state index contributed by atoms with van der Waals surface area (Å²) in [6.45, 7) is 0.308. The number of methoxy groups -OCH3 is 1. The highest BCUT2D eigenvalue weighted by atomic mass is 16.5. The molecule has 0 unspecified atom stereocenters. The lowest BCUT2D eigenvalue weighted by Crippen LogP contribution is -2.38. The van der Waals surface area contributed by atoms with Gasteiger partial charge in [0.15, 0.2) is 0 Å². The maximum Gasteiger partial charge on any atom is 0.280 e. The van der Waals surface area contributed by atoms with Gasteiger partial charge in [-0.25, -0.2) is 0 Å². The molecule has 0 fully saturated rings. The van der Waals surface area contributed by atoms with E-state index >= 15 is 0 Å². The van der Waals surface area contributed by atoms with Gasteiger partial charge in [-0.2, -0.15) is 0 Å². The van der Waals surface area contributed by atoms with Crippen molar-refractivity contribution in [3.63, 3.8) is 0 Å². The summed E-state index contributed by atoms with van der Waals surface area (Å²) in [6, 6.07) is 10.4. The Morgan fingerprint density at radius 1 is 1.16 bits per heavy atom. The van der Waals surface area contributed by atoms with Gasteiger partial charge in [-0.15, -0.1) is 0 Å². The fourth-order valence-corrected chi connectivity index (χ4v) is 2.62. The average molecular weight is 339 g/mol. The molecule has 1 aliphatic rings. The topological polar surface area (TPSA) is 88.6 Å². The minimum Gasteiger partial charge on any atom is -0.497 e. The Bertz CT molecular complexity index is 782. The zero-order valence-corrected chi connectivity index (χ0v) is 13.7. The summed E-state index contributed by atoms with van der Waals surface area (Å²) in [5, 5.41) is 2.72. The van der Waals surface area contributed by atoms with E-state index in [0.717, 1.165) is 16.2 Å². The van der Waals surface area contributed by atoms with E-state index in [0.29, 0.717) is 5.56 Å². The molecule has 1 aromatic carbocycles. The minimum absolute atomic E-state index is 0.113. The highest BCUT2D eigenvalue weighted by molar-refractivity contribution is 6.20. The number of nitrogens with one attached hydrogen (secondary N) is 1. The molecule has 0 bridgehead atoms. The van der Waals surface area contributed by atoms with E-state index in [1.54, 1.807) is 31.4 Å². The minimum atomic E-state index is -0.426. The summed E-state index contributed by atoms with van der Waals surface area (Å²) in [7, 11) is 1.58. The molecule has 0 atom stereocenters. The molecule has 1 aromatic heterocycles. The first-order valence-electron chi connectivity index (χ1n) is 7.81. The molecule has 2 heterocycles. The lowest BCUT2D eigenvalue weighted by molar-refractivity contribution is -0.120. The summed E-state index contributed by atoms with van der Waals surface area (Å²) < 4.78 is 5.07. The predicted octanol–water partition coefficient (Wildman–Crippen LogP) is 1.05. The monoisotopic (exact) mass is 339 g/mol. The van der Waals surface area contributed by atoms with Crippen molar-refractivity contribution in [2.75, 3.05) is 20.2 Å². The van der Waals surface area contributed by atoms with Crippen molar-refractivity contribution in [1.29, 1.82) is 0 Å². The van der Waals surface area contributed by atoms with Gasteiger partial charge in [-0.05, 0) is 29.8 Å². The van der Waals surface area contributed by atoms with Gasteiger partial charge in [0, 0.05) is 19.3 Å². The third-order valence-corrected chi connectivity index (χ3v) is 3.91. The van der Waals surface area contributed by atoms with Crippen molar-refractivity contribution in [3.05, 3.63) is 59.4 Å². The van der Waals surface area contributed by atoms with Crippen molar-refractivity contribution in [3.8, 4) is 5.75 Å². The van der Waals surface area contributed by atoms with Crippen LogP contribution in [0.4, 0.5) is 0 Å². The number of imide groups is 1. The first-order chi connectivity index (χ1) is 12.1. The molecular weight excluding hydrogens is 322 g/mol.